The molecule has 7 heteroatoms. The Morgan fingerprint density at radius 2 is 1.90 bits per heavy atom. The largest absolute Gasteiger partial charge is 0.337 e. The molecule has 154 valence electrons. The van der Waals surface area contributed by atoms with Crippen LogP contribution in [0, 0.1) is 18.8 Å². The van der Waals surface area contributed by atoms with Gasteiger partial charge in [-0.15, -0.1) is 0 Å². The molecule has 1 aromatic carbocycles. The van der Waals surface area contributed by atoms with Crippen LogP contribution in [0.3, 0.4) is 0 Å². The standard InChI is InChI=1S/C22H29N5O2/c1-5-26-11-10-19(23-26)21(28)25-12-16-13-27(22(29)24(3)4)20(18(16)14-25)17-9-7-6-8-15(17)2/h6-11,16,18,20H,5,12-14H2,1-4H3/t16-,18-,20+/m1/s1. The maximum atomic E-state index is 13.0. The lowest BCUT2D eigenvalue weighted by Gasteiger charge is -2.32. The summed E-state index contributed by atoms with van der Waals surface area (Å²) in [4.78, 5) is 31.5. The van der Waals surface area contributed by atoms with Crippen molar-refractivity contribution in [1.82, 2.24) is 24.5 Å². The Morgan fingerprint density at radius 1 is 1.14 bits per heavy atom. The first kappa shape index (κ1) is 19.5. The number of carbonyl (C=O) groups is 2. The average molecular weight is 396 g/mol. The van der Waals surface area contributed by atoms with Gasteiger partial charge in [0.15, 0.2) is 0 Å². The Bertz CT molecular complexity index is 921. The summed E-state index contributed by atoms with van der Waals surface area (Å²) < 4.78 is 1.78. The van der Waals surface area contributed by atoms with E-state index >= 15 is 0 Å². The number of hydrogen-bond donors (Lipinski definition) is 0. The number of carbonyl (C=O) groups excluding carboxylic acids is 2. The number of hydrogen-bond acceptors (Lipinski definition) is 3. The minimum atomic E-state index is -0.0133. The fourth-order valence-corrected chi connectivity index (χ4v) is 4.80. The zero-order chi connectivity index (χ0) is 20.7. The van der Waals surface area contributed by atoms with E-state index in [1.165, 1.54) is 11.1 Å². The van der Waals surface area contributed by atoms with Gasteiger partial charge in [-0.1, -0.05) is 24.3 Å². The minimum absolute atomic E-state index is 0.0119. The van der Waals surface area contributed by atoms with E-state index < -0.39 is 0 Å². The van der Waals surface area contributed by atoms with E-state index in [0.29, 0.717) is 25.3 Å². The predicted octanol–water partition coefficient (Wildman–Crippen LogP) is 2.64. The lowest BCUT2D eigenvalue weighted by atomic mass is 9.88. The normalized spacial score (nSPS) is 23.4. The molecule has 7 nitrogen and oxygen atoms in total. The quantitative estimate of drug-likeness (QED) is 0.803. The van der Waals surface area contributed by atoms with Crippen molar-refractivity contribution >= 4 is 11.9 Å². The first-order valence-corrected chi connectivity index (χ1v) is 10.3. The molecule has 2 saturated heterocycles. The molecule has 29 heavy (non-hydrogen) atoms. The van der Waals surface area contributed by atoms with Gasteiger partial charge in [0.25, 0.3) is 5.91 Å². The predicted molar refractivity (Wildman–Crippen MR) is 110 cm³/mol. The maximum absolute atomic E-state index is 13.0. The van der Waals surface area contributed by atoms with Crippen LogP contribution < -0.4 is 0 Å². The van der Waals surface area contributed by atoms with Crippen molar-refractivity contribution in [3.63, 3.8) is 0 Å². The number of rotatable bonds is 3. The molecule has 0 unspecified atom stereocenters. The molecule has 0 bridgehead atoms. The number of benzene rings is 1. The summed E-state index contributed by atoms with van der Waals surface area (Å²) in [6.45, 7) is 6.84. The first-order valence-electron chi connectivity index (χ1n) is 10.3. The van der Waals surface area contributed by atoms with Crippen LogP contribution in [0.1, 0.15) is 34.6 Å². The third-order valence-electron chi connectivity index (χ3n) is 6.27. The fourth-order valence-electron chi connectivity index (χ4n) is 4.80. The van der Waals surface area contributed by atoms with E-state index in [1.54, 1.807) is 29.7 Å². The van der Waals surface area contributed by atoms with Gasteiger partial charge in [-0.25, -0.2) is 4.79 Å². The highest BCUT2D eigenvalue weighted by Crippen LogP contribution is 2.46. The van der Waals surface area contributed by atoms with Crippen molar-refractivity contribution in [2.45, 2.75) is 26.4 Å². The summed E-state index contributed by atoms with van der Waals surface area (Å²) in [6, 6.07) is 10.1. The number of urea groups is 1. The first-order chi connectivity index (χ1) is 13.9. The molecular weight excluding hydrogens is 366 g/mol. The van der Waals surface area contributed by atoms with Crippen LogP contribution in [-0.2, 0) is 6.54 Å². The Balaban J connectivity index is 1.61. The van der Waals surface area contributed by atoms with Gasteiger partial charge >= 0.3 is 6.03 Å². The van der Waals surface area contributed by atoms with Crippen LogP contribution in [0.25, 0.3) is 0 Å². The van der Waals surface area contributed by atoms with Gasteiger partial charge in [0.2, 0.25) is 0 Å². The zero-order valence-electron chi connectivity index (χ0n) is 17.6. The van der Waals surface area contributed by atoms with E-state index in [0.717, 1.165) is 6.54 Å². The molecule has 2 aliphatic rings. The van der Waals surface area contributed by atoms with E-state index in [2.05, 4.69) is 24.2 Å². The summed E-state index contributed by atoms with van der Waals surface area (Å²) in [5, 5.41) is 4.38. The number of aryl methyl sites for hydroxylation is 2. The van der Waals surface area contributed by atoms with E-state index in [4.69, 9.17) is 0 Å². The Hall–Kier alpha value is -2.83. The lowest BCUT2D eigenvalue weighted by molar-refractivity contribution is 0.0760. The molecule has 3 atom stereocenters. The average Bonchev–Trinajstić information content (AvgIpc) is 3.41. The summed E-state index contributed by atoms with van der Waals surface area (Å²) in [6.07, 6.45) is 1.84. The number of fused-ring (bicyclic) bond motifs is 1. The molecule has 0 saturated carbocycles. The van der Waals surface area contributed by atoms with Gasteiger partial charge in [0, 0.05) is 58.3 Å². The summed E-state index contributed by atoms with van der Waals surface area (Å²) >= 11 is 0. The molecule has 0 radical (unpaired) electrons. The molecule has 0 spiro atoms. The highest BCUT2D eigenvalue weighted by atomic mass is 16.2. The molecule has 2 aliphatic heterocycles. The monoisotopic (exact) mass is 395 g/mol. The minimum Gasteiger partial charge on any atom is -0.337 e. The van der Waals surface area contributed by atoms with Crippen molar-refractivity contribution in [2.24, 2.45) is 11.8 Å². The van der Waals surface area contributed by atoms with Crippen molar-refractivity contribution in [3.8, 4) is 0 Å². The molecule has 2 fully saturated rings. The summed E-state index contributed by atoms with van der Waals surface area (Å²) in [5.41, 5.74) is 2.86. The second-order valence-electron chi connectivity index (χ2n) is 8.32. The molecule has 0 N–H and O–H groups in total. The van der Waals surface area contributed by atoms with E-state index in [1.807, 2.05) is 35.1 Å². The zero-order valence-corrected chi connectivity index (χ0v) is 17.6. The van der Waals surface area contributed by atoms with Gasteiger partial charge in [0.1, 0.15) is 5.69 Å². The molecule has 1 aromatic heterocycles. The lowest BCUT2D eigenvalue weighted by Crippen LogP contribution is -2.42. The van der Waals surface area contributed by atoms with Crippen molar-refractivity contribution in [3.05, 3.63) is 53.3 Å². The molecule has 2 aromatic rings. The highest BCUT2D eigenvalue weighted by molar-refractivity contribution is 5.92. The van der Waals surface area contributed by atoms with Crippen LogP contribution in [-0.4, -0.2) is 70.1 Å². The number of likely N-dealkylation sites (tertiary alicyclic amines) is 2. The van der Waals surface area contributed by atoms with Crippen molar-refractivity contribution < 1.29 is 9.59 Å². The number of aromatic nitrogens is 2. The van der Waals surface area contributed by atoms with Gasteiger partial charge < -0.3 is 14.7 Å². The van der Waals surface area contributed by atoms with E-state index in [-0.39, 0.29) is 29.8 Å². The fraction of sp³-hybridized carbons (Fsp3) is 0.500. The van der Waals surface area contributed by atoms with E-state index in [9.17, 15) is 9.59 Å². The maximum Gasteiger partial charge on any atom is 0.320 e. The van der Waals surface area contributed by atoms with Gasteiger partial charge in [0.05, 0.1) is 6.04 Å². The third kappa shape index (κ3) is 3.39. The molecular formula is C22H29N5O2. The smallest absolute Gasteiger partial charge is 0.320 e. The Morgan fingerprint density at radius 3 is 2.55 bits per heavy atom. The van der Waals surface area contributed by atoms with Crippen molar-refractivity contribution in [2.75, 3.05) is 33.7 Å². The van der Waals surface area contributed by atoms with Crippen LogP contribution in [0.15, 0.2) is 36.5 Å². The molecule has 0 aliphatic carbocycles. The number of nitrogens with zero attached hydrogens (tertiary/aromatic N) is 5. The molecule has 4 rings (SSSR count). The highest BCUT2D eigenvalue weighted by Gasteiger charge is 2.50. The second-order valence-corrected chi connectivity index (χ2v) is 8.32. The van der Waals surface area contributed by atoms with Crippen LogP contribution in [0.5, 0.6) is 0 Å². The van der Waals surface area contributed by atoms with Crippen LogP contribution >= 0.6 is 0 Å². The van der Waals surface area contributed by atoms with Crippen LogP contribution in [0.2, 0.25) is 0 Å². The second kappa shape index (κ2) is 7.54. The molecule has 3 heterocycles. The van der Waals surface area contributed by atoms with Crippen molar-refractivity contribution in [1.29, 1.82) is 0 Å². The molecule has 3 amide bonds. The van der Waals surface area contributed by atoms with Gasteiger partial charge in [-0.3, -0.25) is 9.48 Å². The van der Waals surface area contributed by atoms with Gasteiger partial charge in [-0.05, 0) is 31.0 Å². The van der Waals surface area contributed by atoms with Crippen LogP contribution in [0.4, 0.5) is 4.79 Å². The van der Waals surface area contributed by atoms with Gasteiger partial charge in [-0.2, -0.15) is 5.10 Å². The summed E-state index contributed by atoms with van der Waals surface area (Å²) in [5.74, 6) is 0.499. The Labute approximate surface area is 171 Å². The topological polar surface area (TPSA) is 61.7 Å². The summed E-state index contributed by atoms with van der Waals surface area (Å²) in [7, 11) is 3.59. The number of amides is 3. The SMILES string of the molecule is CCn1ccc(C(=O)N2C[C@@H]3CN(C(=O)N(C)C)[C@@H](c4ccccc4C)[C@@H]3C2)n1. The Kier molecular flexibility index (Phi) is 5.06. The third-order valence-corrected chi connectivity index (χ3v) is 6.27.